The summed E-state index contributed by atoms with van der Waals surface area (Å²) in [6.07, 6.45) is -5.55. The number of methoxy groups -OCH3 is 1. The monoisotopic (exact) mass is 381 g/mol. The van der Waals surface area contributed by atoms with Crippen LogP contribution in [0, 0.1) is 0 Å². The molecule has 2 unspecified atom stereocenters. The van der Waals surface area contributed by atoms with Gasteiger partial charge in [-0.2, -0.15) is 13.2 Å². The van der Waals surface area contributed by atoms with Crippen LogP contribution in [-0.2, 0) is 9.59 Å². The molecule has 2 N–H and O–H groups in total. The van der Waals surface area contributed by atoms with Crippen molar-refractivity contribution in [3.8, 4) is 5.75 Å². The molecule has 2 aromatic carbocycles. The molecule has 0 heterocycles. The summed E-state index contributed by atoms with van der Waals surface area (Å²) in [5, 5.41) is 11.5. The summed E-state index contributed by atoms with van der Waals surface area (Å²) in [6, 6.07) is 11.4. The van der Waals surface area contributed by atoms with E-state index in [1.54, 1.807) is 6.07 Å². The topological polar surface area (TPSA) is 75.6 Å². The van der Waals surface area contributed by atoms with Crippen LogP contribution in [0.2, 0.25) is 0 Å². The number of nitrogens with one attached hydrogen (secondary N) is 1. The first kappa shape index (κ1) is 20.3. The van der Waals surface area contributed by atoms with Crippen LogP contribution in [0.15, 0.2) is 54.6 Å². The molecule has 0 bridgehead atoms. The van der Waals surface area contributed by atoms with Crippen LogP contribution in [0.4, 0.5) is 13.2 Å². The molecule has 8 heteroatoms. The Morgan fingerprint density at radius 1 is 1.04 bits per heavy atom. The highest BCUT2D eigenvalue weighted by Crippen LogP contribution is 2.37. The third-order valence-electron chi connectivity index (χ3n) is 3.99. The molecule has 0 fully saturated rings. The molecule has 0 radical (unpaired) electrons. The molecule has 0 aliphatic carbocycles. The minimum Gasteiger partial charge on any atom is -0.497 e. The van der Waals surface area contributed by atoms with Crippen molar-refractivity contribution in [3.63, 3.8) is 0 Å². The lowest BCUT2D eigenvalue weighted by molar-refractivity contribution is -0.158. The number of carbonyl (C=O) groups excluding carboxylic acids is 1. The SMILES string of the molecule is COc1ccc(C(NC(=O)CC(c2ccccc2)C(F)(F)F)C(=O)O)cc1. The predicted octanol–water partition coefficient (Wildman–Crippen LogP) is 3.67. The Balaban J connectivity index is 2.17. The Kier molecular flexibility index (Phi) is 6.44. The maximum Gasteiger partial charge on any atom is 0.396 e. The average molecular weight is 381 g/mol. The molecule has 0 aromatic heterocycles. The number of carboxylic acid groups (broad SMARTS) is 1. The maximum atomic E-state index is 13.4. The highest BCUT2D eigenvalue weighted by Gasteiger charge is 2.42. The van der Waals surface area contributed by atoms with Gasteiger partial charge in [0.1, 0.15) is 5.75 Å². The number of halogens is 3. The van der Waals surface area contributed by atoms with Crippen molar-refractivity contribution in [1.82, 2.24) is 5.32 Å². The predicted molar refractivity (Wildman–Crippen MR) is 91.4 cm³/mol. The second kappa shape index (κ2) is 8.57. The fourth-order valence-electron chi connectivity index (χ4n) is 2.60. The Hall–Kier alpha value is -3.03. The molecule has 27 heavy (non-hydrogen) atoms. The van der Waals surface area contributed by atoms with Gasteiger partial charge < -0.3 is 15.2 Å². The Bertz CT molecular complexity index is 776. The minimum atomic E-state index is -4.64. The van der Waals surface area contributed by atoms with E-state index < -0.39 is 36.4 Å². The van der Waals surface area contributed by atoms with Crippen LogP contribution in [0.5, 0.6) is 5.75 Å². The summed E-state index contributed by atoms with van der Waals surface area (Å²) in [7, 11) is 1.44. The van der Waals surface area contributed by atoms with Gasteiger partial charge >= 0.3 is 12.1 Å². The summed E-state index contributed by atoms with van der Waals surface area (Å²) in [4.78, 5) is 23.7. The number of hydrogen-bond donors (Lipinski definition) is 2. The molecule has 0 spiro atoms. The van der Waals surface area contributed by atoms with E-state index in [1.807, 2.05) is 0 Å². The first-order valence-electron chi connectivity index (χ1n) is 8.00. The van der Waals surface area contributed by atoms with Crippen molar-refractivity contribution in [3.05, 3.63) is 65.7 Å². The molecule has 2 aromatic rings. The number of alkyl halides is 3. The van der Waals surface area contributed by atoms with Crippen molar-refractivity contribution >= 4 is 11.9 Å². The van der Waals surface area contributed by atoms with E-state index in [-0.39, 0.29) is 11.1 Å². The van der Waals surface area contributed by atoms with Crippen LogP contribution in [0.1, 0.15) is 29.5 Å². The van der Waals surface area contributed by atoms with Crippen molar-refractivity contribution < 1.29 is 32.6 Å². The van der Waals surface area contributed by atoms with Crippen molar-refractivity contribution in [2.45, 2.75) is 24.6 Å². The smallest absolute Gasteiger partial charge is 0.396 e. The molecule has 0 saturated carbocycles. The lowest BCUT2D eigenvalue weighted by Gasteiger charge is -2.22. The van der Waals surface area contributed by atoms with Gasteiger partial charge in [-0.3, -0.25) is 4.79 Å². The zero-order valence-electron chi connectivity index (χ0n) is 14.4. The quantitative estimate of drug-likeness (QED) is 0.767. The van der Waals surface area contributed by atoms with Crippen LogP contribution in [-0.4, -0.2) is 30.3 Å². The molecule has 5 nitrogen and oxygen atoms in total. The van der Waals surface area contributed by atoms with Crippen LogP contribution < -0.4 is 10.1 Å². The lowest BCUT2D eigenvalue weighted by atomic mass is 9.94. The average Bonchev–Trinajstić information content (AvgIpc) is 2.64. The highest BCUT2D eigenvalue weighted by atomic mass is 19.4. The van der Waals surface area contributed by atoms with Crippen LogP contribution in [0.25, 0.3) is 0 Å². The van der Waals surface area contributed by atoms with Gasteiger partial charge in [-0.1, -0.05) is 42.5 Å². The van der Waals surface area contributed by atoms with Crippen LogP contribution in [0.3, 0.4) is 0 Å². The number of carboxylic acids is 1. The van der Waals surface area contributed by atoms with Crippen LogP contribution >= 0.6 is 0 Å². The number of benzene rings is 2. The molecule has 0 aliphatic rings. The molecular weight excluding hydrogens is 363 g/mol. The Morgan fingerprint density at radius 2 is 1.63 bits per heavy atom. The second-order valence-corrected chi connectivity index (χ2v) is 5.82. The van der Waals surface area contributed by atoms with Gasteiger partial charge in [0.25, 0.3) is 0 Å². The van der Waals surface area contributed by atoms with Gasteiger partial charge in [-0.15, -0.1) is 0 Å². The van der Waals surface area contributed by atoms with Crippen molar-refractivity contribution in [2.24, 2.45) is 0 Å². The van der Waals surface area contributed by atoms with E-state index in [9.17, 15) is 27.9 Å². The summed E-state index contributed by atoms with van der Waals surface area (Å²) in [5.41, 5.74) is 0.163. The fourth-order valence-corrected chi connectivity index (χ4v) is 2.60. The van der Waals surface area contributed by atoms with Gasteiger partial charge in [-0.05, 0) is 23.3 Å². The normalized spacial score (nSPS) is 13.5. The number of ether oxygens (including phenoxy) is 1. The van der Waals surface area contributed by atoms with E-state index in [0.717, 1.165) is 0 Å². The fraction of sp³-hybridized carbons (Fsp3) is 0.263. The van der Waals surface area contributed by atoms with Crippen molar-refractivity contribution in [1.29, 1.82) is 0 Å². The standard InChI is InChI=1S/C19H18F3NO4/c1-27-14-9-7-13(8-10-14)17(18(25)26)23-16(24)11-15(19(20,21)22)12-5-3-2-4-6-12/h2-10,15,17H,11H2,1H3,(H,23,24)(H,25,26). The number of hydrogen-bond acceptors (Lipinski definition) is 3. The van der Waals surface area contributed by atoms with E-state index in [2.05, 4.69) is 5.32 Å². The van der Waals surface area contributed by atoms with E-state index in [1.165, 1.54) is 55.6 Å². The first-order valence-corrected chi connectivity index (χ1v) is 8.00. The lowest BCUT2D eigenvalue weighted by Crippen LogP contribution is -2.36. The molecule has 2 rings (SSSR count). The summed E-state index contributed by atoms with van der Waals surface area (Å²) in [5.74, 6) is -3.93. The third-order valence-corrected chi connectivity index (χ3v) is 3.99. The minimum absolute atomic E-state index is 0.0588. The van der Waals surface area contributed by atoms with Gasteiger partial charge in [0, 0.05) is 6.42 Å². The summed E-state index contributed by atoms with van der Waals surface area (Å²) >= 11 is 0. The molecule has 0 saturated heterocycles. The molecule has 1 amide bonds. The Labute approximate surface area is 153 Å². The third kappa shape index (κ3) is 5.47. The number of carbonyl (C=O) groups is 2. The van der Waals surface area contributed by atoms with Gasteiger partial charge in [0.15, 0.2) is 6.04 Å². The van der Waals surface area contributed by atoms with E-state index >= 15 is 0 Å². The van der Waals surface area contributed by atoms with Gasteiger partial charge in [-0.25, -0.2) is 4.79 Å². The largest absolute Gasteiger partial charge is 0.497 e. The van der Waals surface area contributed by atoms with Gasteiger partial charge in [0.2, 0.25) is 5.91 Å². The molecule has 144 valence electrons. The highest BCUT2D eigenvalue weighted by molar-refractivity contribution is 5.85. The molecule has 2 atom stereocenters. The van der Waals surface area contributed by atoms with E-state index in [4.69, 9.17) is 4.74 Å². The number of rotatable bonds is 7. The summed E-state index contributed by atoms with van der Waals surface area (Å²) < 4.78 is 45.0. The zero-order chi connectivity index (χ0) is 20.0. The number of amides is 1. The second-order valence-electron chi connectivity index (χ2n) is 5.82. The summed E-state index contributed by atoms with van der Waals surface area (Å²) in [6.45, 7) is 0. The maximum absolute atomic E-state index is 13.4. The number of aliphatic carboxylic acids is 1. The molecule has 0 aliphatic heterocycles. The Morgan fingerprint density at radius 3 is 2.11 bits per heavy atom. The molecular formula is C19H18F3NO4. The first-order chi connectivity index (χ1) is 12.7. The van der Waals surface area contributed by atoms with Gasteiger partial charge in [0.05, 0.1) is 13.0 Å². The zero-order valence-corrected chi connectivity index (χ0v) is 14.4. The van der Waals surface area contributed by atoms with E-state index in [0.29, 0.717) is 5.75 Å². The van der Waals surface area contributed by atoms with Crippen molar-refractivity contribution in [2.75, 3.05) is 7.11 Å².